The molecule has 0 saturated carbocycles. The standard InChI is InChI=1S/C17H18N4O3S/c1-2-5-15-19-16(21-17(18)20-15)10-12-9-13(25(22,23)24)8-11-6-3-4-7-14(11)12/h3-4,6-9H,2,5,10H2,1H3,(H,22,23,24)(H2,18,19,20,21). The van der Waals surface area contributed by atoms with Crippen LogP contribution in [0.2, 0.25) is 0 Å². The molecule has 0 spiro atoms. The van der Waals surface area contributed by atoms with Crippen LogP contribution in [0.3, 0.4) is 0 Å². The second-order valence-electron chi connectivity index (χ2n) is 5.73. The molecule has 1 aromatic heterocycles. The summed E-state index contributed by atoms with van der Waals surface area (Å²) in [7, 11) is -4.31. The van der Waals surface area contributed by atoms with Gasteiger partial charge in [-0.1, -0.05) is 31.2 Å². The number of benzene rings is 2. The Labute approximate surface area is 145 Å². The Morgan fingerprint density at radius 3 is 2.52 bits per heavy atom. The van der Waals surface area contributed by atoms with E-state index in [2.05, 4.69) is 15.0 Å². The molecule has 0 aliphatic carbocycles. The van der Waals surface area contributed by atoms with E-state index in [4.69, 9.17) is 5.73 Å². The lowest BCUT2D eigenvalue weighted by molar-refractivity contribution is 0.483. The zero-order valence-electron chi connectivity index (χ0n) is 13.7. The van der Waals surface area contributed by atoms with E-state index in [1.54, 1.807) is 12.1 Å². The van der Waals surface area contributed by atoms with E-state index in [9.17, 15) is 13.0 Å². The molecule has 0 aliphatic heterocycles. The molecular weight excluding hydrogens is 340 g/mol. The van der Waals surface area contributed by atoms with Crippen LogP contribution < -0.4 is 5.73 Å². The molecule has 0 saturated heterocycles. The molecule has 0 bridgehead atoms. The van der Waals surface area contributed by atoms with Crippen molar-refractivity contribution in [2.24, 2.45) is 0 Å². The van der Waals surface area contributed by atoms with Crippen LogP contribution in [0.4, 0.5) is 5.95 Å². The summed E-state index contributed by atoms with van der Waals surface area (Å²) < 4.78 is 32.5. The van der Waals surface area contributed by atoms with Crippen molar-refractivity contribution in [2.75, 3.05) is 5.73 Å². The third kappa shape index (κ3) is 3.92. The summed E-state index contributed by atoms with van der Waals surface area (Å²) in [5, 5.41) is 1.58. The van der Waals surface area contributed by atoms with Gasteiger partial charge in [-0.25, -0.2) is 4.98 Å². The SMILES string of the molecule is CCCc1nc(N)nc(Cc2cc(S(=O)(=O)O)cc3ccccc23)n1. The third-order valence-electron chi connectivity index (χ3n) is 3.79. The lowest BCUT2D eigenvalue weighted by Crippen LogP contribution is -2.08. The van der Waals surface area contributed by atoms with Gasteiger partial charge in [0.2, 0.25) is 5.95 Å². The van der Waals surface area contributed by atoms with Crippen molar-refractivity contribution in [3.05, 3.63) is 53.6 Å². The van der Waals surface area contributed by atoms with Crippen molar-refractivity contribution in [3.8, 4) is 0 Å². The predicted octanol–water partition coefficient (Wildman–Crippen LogP) is 2.40. The lowest BCUT2D eigenvalue weighted by atomic mass is 10.0. The lowest BCUT2D eigenvalue weighted by Gasteiger charge is -2.09. The van der Waals surface area contributed by atoms with Gasteiger partial charge >= 0.3 is 0 Å². The number of hydrogen-bond acceptors (Lipinski definition) is 6. The summed E-state index contributed by atoms with van der Waals surface area (Å²) in [4.78, 5) is 12.5. The molecule has 8 heteroatoms. The van der Waals surface area contributed by atoms with Gasteiger partial charge < -0.3 is 5.73 Å². The second kappa shape index (κ2) is 6.73. The van der Waals surface area contributed by atoms with Crippen molar-refractivity contribution in [3.63, 3.8) is 0 Å². The maximum Gasteiger partial charge on any atom is 0.294 e. The van der Waals surface area contributed by atoms with Gasteiger partial charge in [0.05, 0.1) is 4.90 Å². The number of fused-ring (bicyclic) bond motifs is 1. The number of aryl methyl sites for hydroxylation is 1. The Balaban J connectivity index is 2.12. The van der Waals surface area contributed by atoms with Gasteiger partial charge in [-0.3, -0.25) is 4.55 Å². The number of rotatable bonds is 5. The van der Waals surface area contributed by atoms with Crippen LogP contribution in [0, 0.1) is 0 Å². The average Bonchev–Trinajstić information content (AvgIpc) is 2.53. The summed E-state index contributed by atoms with van der Waals surface area (Å²) in [6, 6.07) is 10.2. The zero-order chi connectivity index (χ0) is 18.0. The molecule has 0 fully saturated rings. The van der Waals surface area contributed by atoms with E-state index in [0.717, 1.165) is 11.8 Å². The molecule has 2 aromatic carbocycles. The molecule has 0 unspecified atom stereocenters. The number of nitrogens with two attached hydrogens (primary N) is 1. The monoisotopic (exact) mass is 358 g/mol. The maximum absolute atomic E-state index is 11.6. The first-order chi connectivity index (χ1) is 11.9. The van der Waals surface area contributed by atoms with Crippen LogP contribution in [-0.4, -0.2) is 27.9 Å². The fraction of sp³-hybridized carbons (Fsp3) is 0.235. The fourth-order valence-corrected chi connectivity index (χ4v) is 3.30. The van der Waals surface area contributed by atoms with Crippen molar-refractivity contribution in [1.82, 2.24) is 15.0 Å². The summed E-state index contributed by atoms with van der Waals surface area (Å²) in [6.45, 7) is 2.02. The van der Waals surface area contributed by atoms with E-state index < -0.39 is 10.1 Å². The van der Waals surface area contributed by atoms with Crippen LogP contribution in [0.1, 0.15) is 30.6 Å². The number of nitrogens with zero attached hydrogens (tertiary/aromatic N) is 3. The smallest absolute Gasteiger partial charge is 0.294 e. The molecule has 25 heavy (non-hydrogen) atoms. The zero-order valence-corrected chi connectivity index (χ0v) is 14.5. The molecule has 7 nitrogen and oxygen atoms in total. The van der Waals surface area contributed by atoms with Crippen LogP contribution in [0.5, 0.6) is 0 Å². The summed E-state index contributed by atoms with van der Waals surface area (Å²) in [6.07, 6.45) is 1.85. The van der Waals surface area contributed by atoms with Crippen molar-refractivity contribution in [1.29, 1.82) is 0 Å². The van der Waals surface area contributed by atoms with Gasteiger partial charge in [-0.2, -0.15) is 18.4 Å². The first-order valence-electron chi connectivity index (χ1n) is 7.85. The number of hydrogen-bond donors (Lipinski definition) is 2. The van der Waals surface area contributed by atoms with Gasteiger partial charge in [0.25, 0.3) is 10.1 Å². The van der Waals surface area contributed by atoms with E-state index in [1.807, 2.05) is 19.1 Å². The minimum atomic E-state index is -4.31. The van der Waals surface area contributed by atoms with Gasteiger partial charge in [0.15, 0.2) is 0 Å². The van der Waals surface area contributed by atoms with E-state index >= 15 is 0 Å². The molecule has 3 rings (SSSR count). The molecule has 1 heterocycles. The summed E-state index contributed by atoms with van der Waals surface area (Å²) >= 11 is 0. The van der Waals surface area contributed by atoms with Crippen LogP contribution >= 0.6 is 0 Å². The normalized spacial score (nSPS) is 11.8. The summed E-state index contributed by atoms with van der Waals surface area (Å²) in [5.74, 6) is 1.22. The molecule has 0 radical (unpaired) electrons. The highest BCUT2D eigenvalue weighted by Gasteiger charge is 2.15. The minimum Gasteiger partial charge on any atom is -0.368 e. The van der Waals surface area contributed by atoms with E-state index in [1.165, 1.54) is 12.1 Å². The van der Waals surface area contributed by atoms with Crippen molar-refractivity contribution >= 4 is 26.8 Å². The molecule has 0 amide bonds. The van der Waals surface area contributed by atoms with Crippen LogP contribution in [0.25, 0.3) is 10.8 Å². The van der Waals surface area contributed by atoms with Crippen LogP contribution in [-0.2, 0) is 23.0 Å². The summed E-state index contributed by atoms with van der Waals surface area (Å²) in [5.41, 5.74) is 6.45. The highest BCUT2D eigenvalue weighted by molar-refractivity contribution is 7.85. The number of anilines is 1. The Hall–Kier alpha value is -2.58. The first-order valence-corrected chi connectivity index (χ1v) is 9.29. The van der Waals surface area contributed by atoms with E-state index in [-0.39, 0.29) is 17.3 Å². The van der Waals surface area contributed by atoms with Gasteiger partial charge in [0, 0.05) is 12.8 Å². The van der Waals surface area contributed by atoms with Crippen molar-refractivity contribution in [2.45, 2.75) is 31.1 Å². The third-order valence-corrected chi connectivity index (χ3v) is 4.62. The highest BCUT2D eigenvalue weighted by Crippen LogP contribution is 2.25. The topological polar surface area (TPSA) is 119 Å². The molecule has 3 aromatic rings. The Kier molecular flexibility index (Phi) is 4.65. The van der Waals surface area contributed by atoms with E-state index in [0.29, 0.717) is 29.0 Å². The average molecular weight is 358 g/mol. The van der Waals surface area contributed by atoms with Gasteiger partial charge in [-0.05, 0) is 34.9 Å². The van der Waals surface area contributed by atoms with Crippen molar-refractivity contribution < 1.29 is 13.0 Å². The Morgan fingerprint density at radius 2 is 1.80 bits per heavy atom. The molecule has 3 N–H and O–H groups in total. The Bertz CT molecular complexity index is 1040. The fourth-order valence-electron chi connectivity index (χ4n) is 2.73. The highest BCUT2D eigenvalue weighted by atomic mass is 32.2. The Morgan fingerprint density at radius 1 is 1.08 bits per heavy atom. The second-order valence-corrected chi connectivity index (χ2v) is 7.15. The molecular formula is C17H18N4O3S. The molecule has 0 atom stereocenters. The molecule has 0 aliphatic rings. The molecule has 130 valence electrons. The quantitative estimate of drug-likeness (QED) is 0.672. The van der Waals surface area contributed by atoms with Crippen LogP contribution in [0.15, 0.2) is 41.3 Å². The number of nitrogen functional groups attached to an aromatic ring is 1. The predicted molar refractivity (Wildman–Crippen MR) is 94.8 cm³/mol. The first kappa shape index (κ1) is 17.2. The minimum absolute atomic E-state index is 0.142. The van der Waals surface area contributed by atoms with Gasteiger partial charge in [0.1, 0.15) is 11.6 Å². The number of aromatic nitrogens is 3. The maximum atomic E-state index is 11.6. The largest absolute Gasteiger partial charge is 0.368 e. The van der Waals surface area contributed by atoms with Gasteiger partial charge in [-0.15, -0.1) is 0 Å².